The summed E-state index contributed by atoms with van der Waals surface area (Å²) in [4.78, 5) is 49.6. The van der Waals surface area contributed by atoms with Gasteiger partial charge in [0.15, 0.2) is 24.3 Å². The molecule has 6 aromatic rings. The fourth-order valence-electron chi connectivity index (χ4n) is 6.82. The predicted octanol–water partition coefficient (Wildman–Crippen LogP) is 6.74. The third-order valence-corrected chi connectivity index (χ3v) is 9.39. The molecule has 52 heavy (non-hydrogen) atoms. The number of anilines is 1. The van der Waals surface area contributed by atoms with Crippen LogP contribution in [0.3, 0.4) is 0 Å². The van der Waals surface area contributed by atoms with Crippen molar-refractivity contribution in [3.05, 3.63) is 162 Å². The van der Waals surface area contributed by atoms with E-state index in [9.17, 15) is 14.4 Å². The molecule has 2 aromatic heterocycles. The van der Waals surface area contributed by atoms with E-state index in [1.165, 1.54) is 11.1 Å². The zero-order chi connectivity index (χ0) is 35.4. The highest BCUT2D eigenvalue weighted by Crippen LogP contribution is 2.39. The molecule has 0 saturated carbocycles. The molecule has 1 N–H and O–H groups in total. The van der Waals surface area contributed by atoms with E-state index >= 15 is 0 Å². The highest BCUT2D eigenvalue weighted by molar-refractivity contribution is 5.91. The minimum absolute atomic E-state index is 0.0622. The zero-order valence-electron chi connectivity index (χ0n) is 27.9. The number of hydrogen-bond donors (Lipinski definition) is 1. The van der Waals surface area contributed by atoms with Crippen molar-refractivity contribution in [1.29, 1.82) is 0 Å². The molecule has 11 nitrogen and oxygen atoms in total. The van der Waals surface area contributed by atoms with Gasteiger partial charge in [0.05, 0.1) is 34.6 Å². The lowest BCUT2D eigenvalue weighted by Gasteiger charge is -2.25. The van der Waals surface area contributed by atoms with Crippen LogP contribution in [-0.2, 0) is 25.4 Å². The maximum atomic E-state index is 13.6. The molecule has 0 radical (unpaired) electrons. The van der Waals surface area contributed by atoms with Crippen LogP contribution in [0.1, 0.15) is 60.9 Å². The van der Waals surface area contributed by atoms with Crippen LogP contribution < -0.4 is 5.32 Å². The van der Waals surface area contributed by atoms with Crippen LogP contribution >= 0.6 is 0 Å². The van der Waals surface area contributed by atoms with Crippen LogP contribution in [0.25, 0.3) is 11.0 Å². The van der Waals surface area contributed by atoms with Gasteiger partial charge >= 0.3 is 17.9 Å². The predicted molar refractivity (Wildman–Crippen MR) is 191 cm³/mol. The fraction of sp³-hybridized carbons (Fsp3) is 0.195. The lowest BCUT2D eigenvalue weighted by molar-refractivity contribution is -0.0604. The smallest absolute Gasteiger partial charge is 0.338 e. The van der Waals surface area contributed by atoms with E-state index < -0.39 is 42.4 Å². The van der Waals surface area contributed by atoms with E-state index in [1.54, 1.807) is 114 Å². The average molecular weight is 695 g/mol. The van der Waals surface area contributed by atoms with Gasteiger partial charge in [0, 0.05) is 6.20 Å². The van der Waals surface area contributed by atoms with Gasteiger partial charge in [-0.1, -0.05) is 78.9 Å². The van der Waals surface area contributed by atoms with Crippen LogP contribution in [0.15, 0.2) is 134 Å². The standard InChI is InChI=1S/C41H34N4O7/c46-39(27-13-4-1-5-14-27)49-24-33-35(51-40(47)28-15-6-2-7-16-28)36(52-41(48)29-17-8-3-9-18-29)38(50-33)45-25-43-34-32(45)22-23-42-37(34)44-31-21-20-26-12-10-11-19-30(26)31/h1-19,22-23,25,31,33,35-36,38H,20-21,24H2,(H,42,44)/t31-,33+,35+,36+,38+/m0/s1. The third kappa shape index (κ3) is 6.61. The van der Waals surface area contributed by atoms with Crippen LogP contribution in [0, 0.1) is 0 Å². The first-order valence-corrected chi connectivity index (χ1v) is 17.1. The Morgan fingerprint density at radius 1 is 0.712 bits per heavy atom. The molecule has 5 atom stereocenters. The van der Waals surface area contributed by atoms with Gasteiger partial charge in [-0.05, 0) is 66.4 Å². The lowest BCUT2D eigenvalue weighted by Crippen LogP contribution is -2.41. The molecule has 8 rings (SSSR count). The summed E-state index contributed by atoms with van der Waals surface area (Å²) in [5, 5.41) is 3.58. The van der Waals surface area contributed by atoms with E-state index in [4.69, 9.17) is 23.9 Å². The van der Waals surface area contributed by atoms with Crippen LogP contribution in [0.2, 0.25) is 0 Å². The third-order valence-electron chi connectivity index (χ3n) is 9.39. The number of aryl methyl sites for hydroxylation is 1. The van der Waals surface area contributed by atoms with Gasteiger partial charge in [-0.3, -0.25) is 4.57 Å². The molecule has 260 valence electrons. The minimum atomic E-state index is -1.18. The van der Waals surface area contributed by atoms with Crippen LogP contribution in [-0.4, -0.2) is 57.4 Å². The number of imidazole rings is 1. The van der Waals surface area contributed by atoms with Crippen molar-refractivity contribution in [2.24, 2.45) is 0 Å². The quantitative estimate of drug-likeness (QED) is 0.122. The van der Waals surface area contributed by atoms with E-state index in [0.717, 1.165) is 12.8 Å². The van der Waals surface area contributed by atoms with Gasteiger partial charge in [-0.15, -0.1) is 0 Å². The average Bonchev–Trinajstić information content (AvgIpc) is 3.91. The number of pyridine rings is 1. The Bertz CT molecular complexity index is 2210. The summed E-state index contributed by atoms with van der Waals surface area (Å²) in [7, 11) is 0. The van der Waals surface area contributed by atoms with Crippen molar-refractivity contribution in [2.45, 2.75) is 43.4 Å². The van der Waals surface area contributed by atoms with Crippen LogP contribution in [0.4, 0.5) is 5.82 Å². The van der Waals surface area contributed by atoms with E-state index in [0.29, 0.717) is 33.5 Å². The molecule has 0 spiro atoms. The first kappa shape index (κ1) is 32.9. The van der Waals surface area contributed by atoms with Crippen molar-refractivity contribution in [2.75, 3.05) is 11.9 Å². The summed E-state index contributed by atoms with van der Waals surface area (Å²) < 4.78 is 26.3. The van der Waals surface area contributed by atoms with E-state index in [-0.39, 0.29) is 12.6 Å². The number of carbonyl (C=O) groups is 3. The number of nitrogens with zero attached hydrogens (tertiary/aromatic N) is 3. The summed E-state index contributed by atoms with van der Waals surface area (Å²) in [5.74, 6) is -1.29. The first-order chi connectivity index (χ1) is 25.5. The van der Waals surface area contributed by atoms with Gasteiger partial charge in [0.2, 0.25) is 0 Å². The summed E-state index contributed by atoms with van der Waals surface area (Å²) in [6, 6.07) is 35.7. The number of ether oxygens (including phenoxy) is 4. The number of rotatable bonds is 10. The largest absolute Gasteiger partial charge is 0.459 e. The second-order valence-corrected chi connectivity index (χ2v) is 12.6. The fourth-order valence-corrected chi connectivity index (χ4v) is 6.82. The van der Waals surface area contributed by atoms with Crippen molar-refractivity contribution in [1.82, 2.24) is 14.5 Å². The number of benzene rings is 4. The second kappa shape index (κ2) is 14.5. The Balaban J connectivity index is 1.15. The highest BCUT2D eigenvalue weighted by atomic mass is 16.7. The molecule has 3 heterocycles. The SMILES string of the molecule is O=C(OC[C@H]1O[C@@H](n2cnc3c(N[C@H]4CCc5ccccc54)nccc32)[C@H](OC(=O)c2ccccc2)[C@@H]1OC(=O)c1ccccc1)c1ccccc1. The van der Waals surface area contributed by atoms with Gasteiger partial charge in [0.1, 0.15) is 18.2 Å². The van der Waals surface area contributed by atoms with Gasteiger partial charge in [-0.25, -0.2) is 24.4 Å². The van der Waals surface area contributed by atoms with E-state index in [1.807, 2.05) is 12.1 Å². The molecular formula is C41H34N4O7. The monoisotopic (exact) mass is 694 g/mol. The molecule has 0 amide bonds. The summed E-state index contributed by atoms with van der Waals surface area (Å²) in [5.41, 5.74) is 4.70. The maximum Gasteiger partial charge on any atom is 0.338 e. The van der Waals surface area contributed by atoms with Crippen molar-refractivity contribution in [3.63, 3.8) is 0 Å². The Morgan fingerprint density at radius 2 is 1.31 bits per heavy atom. The minimum Gasteiger partial charge on any atom is -0.459 e. The number of fused-ring (bicyclic) bond motifs is 2. The Labute approximate surface area is 299 Å². The molecule has 0 unspecified atom stereocenters. The number of aromatic nitrogens is 3. The van der Waals surface area contributed by atoms with Gasteiger partial charge in [0.25, 0.3) is 0 Å². The van der Waals surface area contributed by atoms with Gasteiger partial charge in [-0.2, -0.15) is 0 Å². The summed E-state index contributed by atoms with van der Waals surface area (Å²) in [6.45, 7) is -0.293. The molecule has 0 bridgehead atoms. The molecule has 4 aromatic carbocycles. The van der Waals surface area contributed by atoms with E-state index in [2.05, 4.69) is 22.4 Å². The second-order valence-electron chi connectivity index (χ2n) is 12.6. The number of hydrogen-bond acceptors (Lipinski definition) is 10. The Morgan fingerprint density at radius 3 is 1.98 bits per heavy atom. The molecule has 1 aliphatic heterocycles. The molecule has 1 aliphatic carbocycles. The zero-order valence-corrected chi connectivity index (χ0v) is 27.9. The summed E-state index contributed by atoms with van der Waals surface area (Å²) >= 11 is 0. The Hall–Kier alpha value is -6.33. The first-order valence-electron chi connectivity index (χ1n) is 17.1. The van der Waals surface area contributed by atoms with Crippen molar-refractivity contribution in [3.8, 4) is 0 Å². The summed E-state index contributed by atoms with van der Waals surface area (Å²) in [6.07, 6.45) is 0.726. The molecular weight excluding hydrogens is 660 g/mol. The number of carbonyl (C=O) groups excluding carboxylic acids is 3. The number of esters is 3. The molecule has 2 aliphatic rings. The topological polar surface area (TPSA) is 131 Å². The molecule has 11 heteroatoms. The Kier molecular flexibility index (Phi) is 9.16. The normalized spacial score (nSPS) is 20.6. The lowest BCUT2D eigenvalue weighted by atomic mass is 10.1. The highest BCUT2D eigenvalue weighted by Gasteiger charge is 2.51. The van der Waals surface area contributed by atoms with Gasteiger partial charge < -0.3 is 24.3 Å². The van der Waals surface area contributed by atoms with Crippen molar-refractivity contribution < 1.29 is 33.3 Å². The maximum absolute atomic E-state index is 13.6. The molecule has 1 fully saturated rings. The van der Waals surface area contributed by atoms with Crippen LogP contribution in [0.5, 0.6) is 0 Å². The number of nitrogens with one attached hydrogen (secondary N) is 1. The molecule has 1 saturated heterocycles. The van der Waals surface area contributed by atoms with Crippen molar-refractivity contribution >= 4 is 34.8 Å².